The fourth-order valence-electron chi connectivity index (χ4n) is 3.67. The molecular weight excluding hydrogens is 284 g/mol. The van der Waals surface area contributed by atoms with Gasteiger partial charge in [-0.2, -0.15) is 0 Å². The molecule has 116 valence electrons. The van der Waals surface area contributed by atoms with Crippen molar-refractivity contribution in [3.05, 3.63) is 29.8 Å². The number of carboxylic acid groups (broad SMARTS) is 1. The van der Waals surface area contributed by atoms with Crippen molar-refractivity contribution in [1.29, 1.82) is 0 Å². The van der Waals surface area contributed by atoms with E-state index in [-0.39, 0.29) is 11.0 Å². The van der Waals surface area contributed by atoms with Crippen LogP contribution in [0.5, 0.6) is 0 Å². The average molecular weight is 302 g/mol. The lowest BCUT2D eigenvalue weighted by molar-refractivity contribution is -0.178. The zero-order chi connectivity index (χ0) is 16.0. The molecule has 0 saturated heterocycles. The molecule has 2 aliphatic carbocycles. The third-order valence-corrected chi connectivity index (χ3v) is 5.02. The molecule has 0 aliphatic heterocycles. The molecular formula is C16H18N2O4. The maximum absolute atomic E-state index is 12.5. The molecule has 2 fully saturated rings. The minimum atomic E-state index is -1.34. The summed E-state index contributed by atoms with van der Waals surface area (Å²) in [6, 6.07) is 6.19. The van der Waals surface area contributed by atoms with Crippen LogP contribution in [0.3, 0.4) is 0 Å². The predicted octanol–water partition coefficient (Wildman–Crippen LogP) is 1.76. The molecule has 2 saturated carbocycles. The van der Waals surface area contributed by atoms with Crippen LogP contribution in [0, 0.1) is 10.8 Å². The Bertz CT molecular complexity index is 656. The molecule has 1 aromatic carbocycles. The van der Waals surface area contributed by atoms with Crippen LogP contribution in [0.25, 0.3) is 0 Å². The Morgan fingerprint density at radius 2 is 1.86 bits per heavy atom. The third-order valence-electron chi connectivity index (χ3n) is 5.02. The SMILES string of the molecule is NC(=O)c1cccc(NC(=O)C2(C(=O)O)CC3(CCC3)C2)c1. The van der Waals surface area contributed by atoms with Crippen molar-refractivity contribution >= 4 is 23.5 Å². The normalized spacial score (nSPS) is 20.5. The van der Waals surface area contributed by atoms with Crippen LogP contribution in [0.15, 0.2) is 24.3 Å². The summed E-state index contributed by atoms with van der Waals surface area (Å²) in [6.45, 7) is 0. The number of primary amides is 1. The second kappa shape index (κ2) is 4.83. The number of rotatable bonds is 4. The minimum absolute atomic E-state index is 0.0603. The summed E-state index contributed by atoms with van der Waals surface area (Å²) in [5.74, 6) is -2.19. The van der Waals surface area contributed by atoms with Gasteiger partial charge in [-0.25, -0.2) is 0 Å². The number of nitrogens with two attached hydrogens (primary N) is 1. The van der Waals surface area contributed by atoms with Gasteiger partial charge in [0.15, 0.2) is 0 Å². The van der Waals surface area contributed by atoms with Gasteiger partial charge in [0.25, 0.3) is 0 Å². The monoisotopic (exact) mass is 302 g/mol. The van der Waals surface area contributed by atoms with E-state index < -0.39 is 23.2 Å². The smallest absolute Gasteiger partial charge is 0.319 e. The maximum atomic E-state index is 12.5. The van der Waals surface area contributed by atoms with Gasteiger partial charge in [0.2, 0.25) is 11.8 Å². The van der Waals surface area contributed by atoms with Crippen molar-refractivity contribution in [3.8, 4) is 0 Å². The summed E-state index contributed by atoms with van der Waals surface area (Å²) >= 11 is 0. The Hall–Kier alpha value is -2.37. The summed E-state index contributed by atoms with van der Waals surface area (Å²) < 4.78 is 0. The van der Waals surface area contributed by atoms with Gasteiger partial charge >= 0.3 is 5.97 Å². The number of carbonyl (C=O) groups excluding carboxylic acids is 2. The first-order chi connectivity index (χ1) is 10.4. The molecule has 1 spiro atoms. The van der Waals surface area contributed by atoms with E-state index >= 15 is 0 Å². The number of benzene rings is 1. The lowest BCUT2D eigenvalue weighted by Gasteiger charge is -2.58. The molecule has 4 N–H and O–H groups in total. The van der Waals surface area contributed by atoms with E-state index in [2.05, 4.69) is 5.32 Å². The van der Waals surface area contributed by atoms with Crippen molar-refractivity contribution in [1.82, 2.24) is 0 Å². The van der Waals surface area contributed by atoms with Crippen LogP contribution in [0.2, 0.25) is 0 Å². The number of anilines is 1. The Balaban J connectivity index is 1.77. The Morgan fingerprint density at radius 1 is 1.18 bits per heavy atom. The summed E-state index contributed by atoms with van der Waals surface area (Å²) in [5.41, 5.74) is 4.57. The van der Waals surface area contributed by atoms with E-state index in [0.717, 1.165) is 19.3 Å². The third kappa shape index (κ3) is 2.15. The van der Waals surface area contributed by atoms with E-state index in [0.29, 0.717) is 18.5 Å². The maximum Gasteiger partial charge on any atom is 0.319 e. The van der Waals surface area contributed by atoms with Crippen LogP contribution < -0.4 is 11.1 Å². The van der Waals surface area contributed by atoms with Gasteiger partial charge in [-0.1, -0.05) is 12.5 Å². The van der Waals surface area contributed by atoms with Crippen molar-refractivity contribution in [2.45, 2.75) is 32.1 Å². The van der Waals surface area contributed by atoms with Gasteiger partial charge in [0.05, 0.1) is 0 Å². The largest absolute Gasteiger partial charge is 0.480 e. The van der Waals surface area contributed by atoms with E-state index in [1.807, 2.05) is 0 Å². The zero-order valence-electron chi connectivity index (χ0n) is 12.1. The molecule has 3 rings (SSSR count). The van der Waals surface area contributed by atoms with Gasteiger partial charge in [-0.3, -0.25) is 14.4 Å². The van der Waals surface area contributed by atoms with Gasteiger partial charge < -0.3 is 16.2 Å². The lowest BCUT2D eigenvalue weighted by Crippen LogP contribution is -2.59. The summed E-state index contributed by atoms with van der Waals surface area (Å²) in [4.78, 5) is 35.2. The topological polar surface area (TPSA) is 109 Å². The van der Waals surface area contributed by atoms with Crippen molar-refractivity contribution in [2.24, 2.45) is 16.6 Å². The Kier molecular flexibility index (Phi) is 3.20. The fraction of sp³-hybridized carbons (Fsp3) is 0.438. The summed E-state index contributed by atoms with van der Waals surface area (Å²) in [5, 5.41) is 12.1. The number of hydrogen-bond acceptors (Lipinski definition) is 3. The van der Waals surface area contributed by atoms with Crippen LogP contribution in [0.1, 0.15) is 42.5 Å². The number of carboxylic acids is 1. The molecule has 0 unspecified atom stereocenters. The summed E-state index contributed by atoms with van der Waals surface area (Å²) in [6.07, 6.45) is 3.92. The van der Waals surface area contributed by atoms with Crippen molar-refractivity contribution in [3.63, 3.8) is 0 Å². The first-order valence-electron chi connectivity index (χ1n) is 7.32. The fourth-order valence-corrected chi connectivity index (χ4v) is 3.67. The zero-order valence-corrected chi connectivity index (χ0v) is 12.1. The Labute approximate surface area is 127 Å². The second-order valence-corrected chi connectivity index (χ2v) is 6.49. The quantitative estimate of drug-likeness (QED) is 0.736. The molecule has 0 atom stereocenters. The molecule has 6 nitrogen and oxygen atoms in total. The Morgan fingerprint density at radius 3 is 2.36 bits per heavy atom. The molecule has 22 heavy (non-hydrogen) atoms. The van der Waals surface area contributed by atoms with Gasteiger partial charge in [-0.15, -0.1) is 0 Å². The molecule has 2 amide bonds. The number of nitrogens with one attached hydrogen (secondary N) is 1. The average Bonchev–Trinajstić information content (AvgIpc) is 2.35. The molecule has 1 aromatic rings. The molecule has 0 bridgehead atoms. The van der Waals surface area contributed by atoms with E-state index in [4.69, 9.17) is 5.73 Å². The van der Waals surface area contributed by atoms with Crippen LogP contribution in [-0.4, -0.2) is 22.9 Å². The predicted molar refractivity (Wildman–Crippen MR) is 79.2 cm³/mol. The van der Waals surface area contributed by atoms with Crippen LogP contribution >= 0.6 is 0 Å². The summed E-state index contributed by atoms with van der Waals surface area (Å²) in [7, 11) is 0. The number of carbonyl (C=O) groups is 3. The van der Waals surface area contributed by atoms with Gasteiger partial charge in [0.1, 0.15) is 5.41 Å². The highest BCUT2D eigenvalue weighted by molar-refractivity contribution is 6.09. The first kappa shape index (κ1) is 14.6. The van der Waals surface area contributed by atoms with Crippen molar-refractivity contribution in [2.75, 3.05) is 5.32 Å². The number of hydrogen-bond donors (Lipinski definition) is 3. The minimum Gasteiger partial charge on any atom is -0.480 e. The molecule has 6 heteroatoms. The standard InChI is InChI=1S/C16H18N2O4/c17-12(19)10-3-1-4-11(7-10)18-13(20)16(14(21)22)8-15(9-16)5-2-6-15/h1,3-4,7H,2,5-6,8-9H2,(H2,17,19)(H,18,20)(H,21,22). The molecule has 0 radical (unpaired) electrons. The highest BCUT2D eigenvalue weighted by Crippen LogP contribution is 2.64. The highest BCUT2D eigenvalue weighted by Gasteiger charge is 2.64. The van der Waals surface area contributed by atoms with E-state index in [9.17, 15) is 19.5 Å². The number of aliphatic carboxylic acids is 1. The highest BCUT2D eigenvalue weighted by atomic mass is 16.4. The van der Waals surface area contributed by atoms with E-state index in [1.165, 1.54) is 12.1 Å². The second-order valence-electron chi connectivity index (χ2n) is 6.49. The molecule has 0 aromatic heterocycles. The first-order valence-corrected chi connectivity index (χ1v) is 7.32. The number of amides is 2. The van der Waals surface area contributed by atoms with Crippen molar-refractivity contribution < 1.29 is 19.5 Å². The van der Waals surface area contributed by atoms with Gasteiger partial charge in [-0.05, 0) is 49.3 Å². The van der Waals surface area contributed by atoms with Gasteiger partial charge in [0, 0.05) is 11.3 Å². The lowest BCUT2D eigenvalue weighted by atomic mass is 9.45. The molecule has 0 heterocycles. The van der Waals surface area contributed by atoms with E-state index in [1.54, 1.807) is 12.1 Å². The van der Waals surface area contributed by atoms with Crippen LogP contribution in [-0.2, 0) is 9.59 Å². The van der Waals surface area contributed by atoms with Crippen LogP contribution in [0.4, 0.5) is 5.69 Å². The molecule has 2 aliphatic rings.